The van der Waals surface area contributed by atoms with Crippen LogP contribution in [0.4, 0.5) is 0 Å². The topological polar surface area (TPSA) is 39.6 Å². The molecule has 0 fully saturated rings. The monoisotopic (exact) mass is 220 g/mol. The molecule has 0 spiro atoms. The number of benzene rings is 2. The van der Waals surface area contributed by atoms with Crippen molar-refractivity contribution in [2.24, 2.45) is 0 Å². The molecule has 0 atom stereocenters. The fourth-order valence-corrected chi connectivity index (χ4v) is 2.48. The molecule has 1 heterocycles. The molecule has 17 heavy (non-hydrogen) atoms. The lowest BCUT2D eigenvalue weighted by atomic mass is 10.00. The third-order valence-electron chi connectivity index (χ3n) is 3.36. The Morgan fingerprint density at radius 1 is 1.18 bits per heavy atom. The van der Waals surface area contributed by atoms with E-state index in [1.165, 1.54) is 10.8 Å². The van der Waals surface area contributed by atoms with Crippen LogP contribution in [0.15, 0.2) is 30.3 Å². The summed E-state index contributed by atoms with van der Waals surface area (Å²) in [5.41, 5.74) is 5.15. The van der Waals surface area contributed by atoms with Gasteiger partial charge in [-0.2, -0.15) is 5.26 Å². The standard InChI is InChI=1S/C15H12N2/c1-9-7-11(8-16)10(2)15-14(9)12-5-3-4-6-13(12)17-15/h3-7,17H,1-2H3. The van der Waals surface area contributed by atoms with Crippen molar-refractivity contribution in [3.8, 4) is 6.07 Å². The van der Waals surface area contributed by atoms with Gasteiger partial charge < -0.3 is 4.98 Å². The maximum Gasteiger partial charge on any atom is 0.0995 e. The van der Waals surface area contributed by atoms with E-state index in [0.29, 0.717) is 0 Å². The van der Waals surface area contributed by atoms with Gasteiger partial charge in [0.2, 0.25) is 0 Å². The number of aromatic amines is 1. The van der Waals surface area contributed by atoms with Gasteiger partial charge >= 0.3 is 0 Å². The van der Waals surface area contributed by atoms with E-state index in [-0.39, 0.29) is 0 Å². The quantitative estimate of drug-likeness (QED) is 0.614. The Morgan fingerprint density at radius 2 is 1.94 bits per heavy atom. The zero-order chi connectivity index (χ0) is 12.0. The van der Waals surface area contributed by atoms with Gasteiger partial charge in [0.15, 0.2) is 0 Å². The lowest BCUT2D eigenvalue weighted by Crippen LogP contribution is -1.87. The molecule has 3 rings (SSSR count). The highest BCUT2D eigenvalue weighted by Gasteiger charge is 2.11. The van der Waals surface area contributed by atoms with Crippen molar-refractivity contribution in [3.63, 3.8) is 0 Å². The second kappa shape index (κ2) is 3.36. The summed E-state index contributed by atoms with van der Waals surface area (Å²) in [4.78, 5) is 3.41. The van der Waals surface area contributed by atoms with Gasteiger partial charge in [0.1, 0.15) is 0 Å². The lowest BCUT2D eigenvalue weighted by molar-refractivity contribution is 1.37. The molecular weight excluding hydrogens is 208 g/mol. The van der Waals surface area contributed by atoms with Crippen LogP contribution >= 0.6 is 0 Å². The maximum atomic E-state index is 9.11. The molecule has 0 amide bonds. The summed E-state index contributed by atoms with van der Waals surface area (Å²) in [6.07, 6.45) is 0. The number of para-hydroxylation sites is 1. The van der Waals surface area contributed by atoms with Gasteiger partial charge in [-0.05, 0) is 37.1 Å². The van der Waals surface area contributed by atoms with Crippen LogP contribution in [0.3, 0.4) is 0 Å². The van der Waals surface area contributed by atoms with Crippen LogP contribution in [0, 0.1) is 25.2 Å². The van der Waals surface area contributed by atoms with Gasteiger partial charge in [0.05, 0.1) is 17.1 Å². The molecule has 1 aromatic heterocycles. The molecule has 0 saturated heterocycles. The molecule has 2 aromatic carbocycles. The third-order valence-corrected chi connectivity index (χ3v) is 3.36. The van der Waals surface area contributed by atoms with Crippen LogP contribution in [-0.4, -0.2) is 4.98 Å². The Morgan fingerprint density at radius 3 is 2.71 bits per heavy atom. The van der Waals surface area contributed by atoms with Crippen molar-refractivity contribution in [1.82, 2.24) is 4.98 Å². The lowest BCUT2D eigenvalue weighted by Gasteiger charge is -2.03. The molecule has 0 bridgehead atoms. The molecule has 0 aliphatic heterocycles. The molecule has 0 aliphatic rings. The van der Waals surface area contributed by atoms with Gasteiger partial charge in [0, 0.05) is 16.3 Å². The van der Waals surface area contributed by atoms with Crippen LogP contribution in [-0.2, 0) is 0 Å². The zero-order valence-electron chi connectivity index (χ0n) is 9.83. The molecule has 0 saturated carbocycles. The average molecular weight is 220 g/mol. The van der Waals surface area contributed by atoms with E-state index in [1.807, 2.05) is 25.1 Å². The van der Waals surface area contributed by atoms with E-state index < -0.39 is 0 Å². The number of hydrogen-bond acceptors (Lipinski definition) is 1. The second-order valence-corrected chi connectivity index (χ2v) is 4.40. The largest absolute Gasteiger partial charge is 0.354 e. The van der Waals surface area contributed by atoms with Crippen molar-refractivity contribution in [2.45, 2.75) is 13.8 Å². The molecule has 0 aliphatic carbocycles. The molecule has 0 unspecified atom stereocenters. The number of nitrogens with zero attached hydrogens (tertiary/aromatic N) is 1. The number of rotatable bonds is 0. The summed E-state index contributed by atoms with van der Waals surface area (Å²) in [5, 5.41) is 11.6. The highest BCUT2D eigenvalue weighted by molar-refractivity contribution is 6.10. The Hall–Kier alpha value is -2.27. The smallest absolute Gasteiger partial charge is 0.0995 e. The first-order valence-corrected chi connectivity index (χ1v) is 5.63. The van der Waals surface area contributed by atoms with E-state index in [2.05, 4.69) is 30.1 Å². The number of nitrogens with one attached hydrogen (secondary N) is 1. The van der Waals surface area contributed by atoms with Crippen molar-refractivity contribution in [1.29, 1.82) is 5.26 Å². The molecule has 0 radical (unpaired) electrons. The predicted octanol–water partition coefficient (Wildman–Crippen LogP) is 3.81. The Balaban J connectivity index is 2.62. The van der Waals surface area contributed by atoms with Crippen LogP contribution < -0.4 is 0 Å². The van der Waals surface area contributed by atoms with Gasteiger partial charge in [-0.25, -0.2) is 0 Å². The van der Waals surface area contributed by atoms with E-state index in [9.17, 15) is 0 Å². The van der Waals surface area contributed by atoms with Gasteiger partial charge in [-0.3, -0.25) is 0 Å². The molecule has 3 aromatic rings. The Labute approximate surface area is 99.5 Å². The Bertz CT molecular complexity index is 773. The molecular formula is C15H12N2. The van der Waals surface area contributed by atoms with E-state index in [1.54, 1.807) is 0 Å². The van der Waals surface area contributed by atoms with Gasteiger partial charge in [0.25, 0.3) is 0 Å². The summed E-state index contributed by atoms with van der Waals surface area (Å²) in [6.45, 7) is 4.05. The summed E-state index contributed by atoms with van der Waals surface area (Å²) in [5.74, 6) is 0. The first-order chi connectivity index (χ1) is 8.22. The number of nitriles is 1. The zero-order valence-corrected chi connectivity index (χ0v) is 9.83. The van der Waals surface area contributed by atoms with Crippen molar-refractivity contribution in [3.05, 3.63) is 47.0 Å². The first kappa shape index (κ1) is 9.92. The summed E-state index contributed by atoms with van der Waals surface area (Å²) in [6, 6.07) is 12.5. The predicted molar refractivity (Wildman–Crippen MR) is 70.0 cm³/mol. The van der Waals surface area contributed by atoms with Crippen LogP contribution in [0.5, 0.6) is 0 Å². The van der Waals surface area contributed by atoms with Crippen molar-refractivity contribution >= 4 is 21.8 Å². The average Bonchev–Trinajstić information content (AvgIpc) is 2.73. The van der Waals surface area contributed by atoms with Crippen LogP contribution in [0.1, 0.15) is 16.7 Å². The van der Waals surface area contributed by atoms with Crippen LogP contribution in [0.25, 0.3) is 21.8 Å². The minimum Gasteiger partial charge on any atom is -0.354 e. The Kier molecular flexibility index (Phi) is 1.96. The second-order valence-electron chi connectivity index (χ2n) is 4.40. The SMILES string of the molecule is Cc1c(C#N)cc(C)c2c1[nH]c1ccccc12. The van der Waals surface area contributed by atoms with Crippen molar-refractivity contribution < 1.29 is 0 Å². The van der Waals surface area contributed by atoms with Crippen LogP contribution in [0.2, 0.25) is 0 Å². The van der Waals surface area contributed by atoms with E-state index in [0.717, 1.165) is 27.7 Å². The van der Waals surface area contributed by atoms with Crippen molar-refractivity contribution in [2.75, 3.05) is 0 Å². The number of aromatic nitrogens is 1. The number of aryl methyl sites for hydroxylation is 2. The highest BCUT2D eigenvalue weighted by Crippen LogP contribution is 2.31. The molecule has 1 N–H and O–H groups in total. The van der Waals surface area contributed by atoms with E-state index in [4.69, 9.17) is 5.26 Å². The molecule has 82 valence electrons. The fraction of sp³-hybridized carbons (Fsp3) is 0.133. The number of fused-ring (bicyclic) bond motifs is 3. The minimum absolute atomic E-state index is 0.751. The minimum atomic E-state index is 0.751. The summed E-state index contributed by atoms with van der Waals surface area (Å²) < 4.78 is 0. The van der Waals surface area contributed by atoms with Gasteiger partial charge in [-0.15, -0.1) is 0 Å². The molecule has 2 heteroatoms. The summed E-state index contributed by atoms with van der Waals surface area (Å²) in [7, 11) is 0. The highest BCUT2D eigenvalue weighted by atomic mass is 14.7. The van der Waals surface area contributed by atoms with E-state index >= 15 is 0 Å². The van der Waals surface area contributed by atoms with Gasteiger partial charge in [-0.1, -0.05) is 18.2 Å². The maximum absolute atomic E-state index is 9.11. The fourth-order valence-electron chi connectivity index (χ4n) is 2.48. The first-order valence-electron chi connectivity index (χ1n) is 5.63. The number of hydrogen-bond donors (Lipinski definition) is 1. The summed E-state index contributed by atoms with van der Waals surface area (Å²) >= 11 is 0. The normalized spacial score (nSPS) is 10.9. The number of H-pyrrole nitrogens is 1. The third kappa shape index (κ3) is 1.26. The molecule has 2 nitrogen and oxygen atoms in total.